The number of ether oxygens (including phenoxy) is 3. The van der Waals surface area contributed by atoms with Gasteiger partial charge in [-0.25, -0.2) is 28.3 Å². The van der Waals surface area contributed by atoms with Crippen LogP contribution in [0.25, 0.3) is 0 Å². The van der Waals surface area contributed by atoms with Crippen molar-refractivity contribution in [2.45, 2.75) is 89.8 Å². The summed E-state index contributed by atoms with van der Waals surface area (Å²) in [5, 5.41) is 29.8. The largest absolute Gasteiger partial charge is 1.00 e. The number of hydrogen-bond acceptors (Lipinski definition) is 15. The smallest absolute Gasteiger partial charge is 0.870 e. The van der Waals surface area contributed by atoms with Gasteiger partial charge >= 0.3 is 30.8 Å². The number of carboxylic acids is 1. The van der Waals surface area contributed by atoms with Crippen LogP contribution in [0, 0.1) is 35.3 Å². The van der Waals surface area contributed by atoms with E-state index >= 15 is 0 Å². The molecule has 2 aromatic heterocycles. The summed E-state index contributed by atoms with van der Waals surface area (Å²) < 4.78 is 59.7. The molecule has 0 aliphatic carbocycles. The molecule has 0 saturated heterocycles. The zero-order valence-corrected chi connectivity index (χ0v) is 42.6. The van der Waals surface area contributed by atoms with E-state index in [1.165, 1.54) is 31.4 Å². The van der Waals surface area contributed by atoms with E-state index < -0.39 is 58.9 Å². The fourth-order valence-corrected chi connectivity index (χ4v) is 11.1. The number of benzene rings is 4. The van der Waals surface area contributed by atoms with Gasteiger partial charge in [0.25, 0.3) is 0 Å². The maximum absolute atomic E-state index is 14.7. The number of halogens is 2. The predicted octanol–water partition coefficient (Wildman–Crippen LogP) is 4.52. The molecule has 2 unspecified atom stereocenters. The molecule has 12 rings (SSSR count). The van der Waals surface area contributed by atoms with Gasteiger partial charge in [-0.1, -0.05) is 65.8 Å². The van der Waals surface area contributed by atoms with Gasteiger partial charge in [-0.05, 0) is 84.3 Å². The van der Waals surface area contributed by atoms with Gasteiger partial charge in [0.15, 0.2) is 35.4 Å². The molecule has 2 amide bonds. The van der Waals surface area contributed by atoms with Crippen molar-refractivity contribution in [3.05, 3.63) is 153 Å². The van der Waals surface area contributed by atoms with Crippen LogP contribution in [0.3, 0.4) is 0 Å². The summed E-state index contributed by atoms with van der Waals surface area (Å²) in [7, 11) is 2.27. The predicted molar refractivity (Wildman–Crippen MR) is 260 cm³/mol. The molecule has 8 bridgehead atoms. The third-order valence-corrected chi connectivity index (χ3v) is 14.6. The molecule has 7 N–H and O–H groups in total. The number of esters is 1. The maximum Gasteiger partial charge on any atom is 1.00 e. The average Bonchev–Trinajstić information content (AvgIpc) is 4.21. The van der Waals surface area contributed by atoms with Crippen molar-refractivity contribution in [1.29, 1.82) is 0 Å². The van der Waals surface area contributed by atoms with Crippen molar-refractivity contribution in [3.63, 3.8) is 0 Å². The van der Waals surface area contributed by atoms with Gasteiger partial charge in [0.2, 0.25) is 23.6 Å². The van der Waals surface area contributed by atoms with Crippen LogP contribution in [0.5, 0.6) is 11.5 Å². The Morgan fingerprint density at radius 2 is 1.07 bits per heavy atom. The number of nitrogens with one attached hydrogen (secondary N) is 4. The molecule has 18 nitrogen and oxygen atoms in total. The average molecular weight is 1030 g/mol. The molecular weight excluding hydrogens is 970 g/mol. The van der Waals surface area contributed by atoms with Crippen molar-refractivity contribution in [2.24, 2.45) is 23.7 Å². The first-order chi connectivity index (χ1) is 34.9. The van der Waals surface area contributed by atoms with E-state index in [-0.39, 0.29) is 94.5 Å². The summed E-state index contributed by atoms with van der Waals surface area (Å²) in [5.41, 5.74) is 2.70. The minimum atomic E-state index is -1.28. The summed E-state index contributed by atoms with van der Waals surface area (Å²) in [5.74, 6) is -2.48. The van der Waals surface area contributed by atoms with E-state index in [9.17, 15) is 33.1 Å². The SMILES string of the molecule is CC1Cc2ccc3c(c2)[C@@]2(c4cc(F)ccc4N[C@@H]2O3)c2oc(nc2C(=O)O)[C@H](C(C)C)NC1=O.CO.COC(=O)c1nc2oc1[C@@]13c4cc(F)ccc4N[C@@H]1Oc1ccc(cc13)CC(C)C(=O)N[C@H]2C(C)C.[Li+].[OH-]. The molecule has 8 heterocycles. The molecule has 0 radical (unpaired) electrons. The first-order valence-corrected chi connectivity index (χ1v) is 24.1. The number of aliphatic hydroxyl groups excluding tert-OH is 1. The van der Waals surface area contributed by atoms with Gasteiger partial charge in [0.1, 0.15) is 46.0 Å². The number of methoxy groups -OCH3 is 1. The Morgan fingerprint density at radius 1 is 0.653 bits per heavy atom. The van der Waals surface area contributed by atoms with Crippen LogP contribution in [0.2, 0.25) is 0 Å². The van der Waals surface area contributed by atoms with Gasteiger partial charge in [0, 0.05) is 52.6 Å². The molecule has 21 heteroatoms. The number of rotatable bonds is 4. The molecular formula is C54H55F2LiN6O12. The summed E-state index contributed by atoms with van der Waals surface area (Å²) in [6.07, 6.45) is -0.525. The first kappa shape index (κ1) is 54.0. The van der Waals surface area contributed by atoms with Crippen molar-refractivity contribution in [3.8, 4) is 11.5 Å². The molecule has 6 aromatic rings. The Labute approximate surface area is 441 Å². The van der Waals surface area contributed by atoms with Gasteiger partial charge in [0.05, 0.1) is 7.11 Å². The molecule has 8 atom stereocenters. The number of oxazole rings is 2. The maximum atomic E-state index is 14.7. The number of carbonyl (C=O) groups excluding carboxylic acids is 3. The van der Waals surface area contributed by atoms with Gasteiger partial charge in [-0.2, -0.15) is 0 Å². The standard InChI is InChI=1S/C27H26FN3O5.C26H24FN3O5.CH4O.Li.H2O/c1-12(2)20-24-31-21(25(33)34-4)22(36-24)27-16-11-15(28)6-7-18(16)29-26(27)35-19-8-5-14(10-17(19)27)9-13(3)23(32)30-20;1-11(2)19-23-30-20(24(32)33)21(35-23)26-15-10-14(27)5-6-17(15)28-25(26)34-18-7-4-13(9-16(18)26)8-12(3)22(31)29-19;1-2;;/h5-8,10-13,20,26,29H,9H2,1-4H3,(H,30,32);4-7,9-12,19,25,28H,8H2,1-3H3,(H,29,31)(H,32,33);2H,1H3;;1H2/q;;;+1;/p-1/t13?,20-,26+,27-;12?,19-,25+,26-;;;/m00.../s1. The topological polar surface area (TPSA) is 267 Å². The second-order valence-corrected chi connectivity index (χ2v) is 19.9. The van der Waals surface area contributed by atoms with Crippen molar-refractivity contribution >= 4 is 35.1 Å². The van der Waals surface area contributed by atoms with Gasteiger partial charge in [-0.15, -0.1) is 0 Å². The number of carbonyl (C=O) groups is 4. The number of hydrogen-bond donors (Lipinski definition) is 6. The Hall–Kier alpha value is -7.24. The van der Waals surface area contributed by atoms with Crippen LogP contribution in [0.1, 0.15) is 131 Å². The van der Waals surface area contributed by atoms with Gasteiger partial charge < -0.3 is 60.0 Å². The molecule has 4 aromatic carbocycles. The third-order valence-electron chi connectivity index (χ3n) is 14.6. The molecule has 75 heavy (non-hydrogen) atoms. The quantitative estimate of drug-likeness (QED) is 0.105. The number of aliphatic hydroxyl groups is 1. The molecule has 0 fully saturated rings. The van der Waals surface area contributed by atoms with Crippen LogP contribution in [0.4, 0.5) is 20.2 Å². The number of anilines is 2. The third kappa shape index (κ3) is 8.38. The van der Waals surface area contributed by atoms with Crippen molar-refractivity contribution in [1.82, 2.24) is 20.6 Å². The number of fused-ring (bicyclic) bond motifs is 8. The Kier molecular flexibility index (Phi) is 14.5. The van der Waals surface area contributed by atoms with Crippen LogP contribution < -0.4 is 49.6 Å². The summed E-state index contributed by atoms with van der Waals surface area (Å²) in [4.78, 5) is 60.6. The Bertz CT molecular complexity index is 3250. The Balaban J connectivity index is 0.000000188. The van der Waals surface area contributed by atoms with Crippen LogP contribution in [0.15, 0.2) is 81.6 Å². The normalized spacial score (nSPS) is 24.5. The van der Waals surface area contributed by atoms with E-state index in [0.717, 1.165) is 18.2 Å². The zero-order chi connectivity index (χ0) is 52.0. The zero-order valence-electron chi connectivity index (χ0n) is 42.6. The first-order valence-electron chi connectivity index (χ1n) is 24.1. The molecule has 6 aliphatic rings. The fraction of sp³-hybridized carbons (Fsp3) is 0.370. The number of nitrogens with zero attached hydrogens (tertiary/aromatic N) is 2. The van der Waals surface area contributed by atoms with Gasteiger partial charge in [-0.3, -0.25) is 9.59 Å². The van der Waals surface area contributed by atoms with Crippen molar-refractivity contribution < 1.29 is 85.6 Å². The second kappa shape index (κ2) is 20.1. The van der Waals surface area contributed by atoms with E-state index in [1.807, 2.05) is 71.9 Å². The number of aromatic carboxylic acids is 1. The minimum Gasteiger partial charge on any atom is -0.870 e. The van der Waals surface area contributed by atoms with Crippen LogP contribution in [-0.4, -0.2) is 76.1 Å². The monoisotopic (exact) mass is 1020 g/mol. The molecule has 0 saturated carbocycles. The summed E-state index contributed by atoms with van der Waals surface area (Å²) >= 11 is 0. The van der Waals surface area contributed by atoms with E-state index in [0.29, 0.717) is 58.0 Å². The Morgan fingerprint density at radius 3 is 1.47 bits per heavy atom. The number of aromatic nitrogens is 2. The molecule has 388 valence electrons. The van der Waals surface area contributed by atoms with E-state index in [1.54, 1.807) is 18.2 Å². The summed E-state index contributed by atoms with van der Waals surface area (Å²) in [6.45, 7) is 11.4. The van der Waals surface area contributed by atoms with Crippen LogP contribution in [-0.2, 0) is 38.0 Å². The van der Waals surface area contributed by atoms with Crippen molar-refractivity contribution in [2.75, 3.05) is 24.9 Å². The second-order valence-electron chi connectivity index (χ2n) is 19.9. The van der Waals surface area contributed by atoms with E-state index in [4.69, 9.17) is 28.2 Å². The molecule has 6 aliphatic heterocycles. The van der Waals surface area contributed by atoms with Crippen LogP contribution >= 0.6 is 0 Å². The molecule has 2 spiro atoms. The fourth-order valence-electron chi connectivity index (χ4n) is 11.1. The summed E-state index contributed by atoms with van der Waals surface area (Å²) in [6, 6.07) is 18.9. The number of amides is 2. The minimum absolute atomic E-state index is 0. The van der Waals surface area contributed by atoms with E-state index in [2.05, 4.69) is 31.2 Å². The number of carboxylic acid groups (broad SMARTS) is 1.